The van der Waals surface area contributed by atoms with Crippen molar-refractivity contribution in [2.24, 2.45) is 0 Å². The highest BCUT2D eigenvalue weighted by molar-refractivity contribution is 6.32. The van der Waals surface area contributed by atoms with Crippen LogP contribution in [0.1, 0.15) is 32.8 Å². The zero-order valence-electron chi connectivity index (χ0n) is 15.2. The SMILES string of the molecule is C=CCN1C(=O)N/C(=C/c2cc(Cl)c(O[C@@H](C)CC)c(OCC)c2)C1=O. The van der Waals surface area contributed by atoms with Crippen LogP contribution in [0.4, 0.5) is 4.79 Å². The zero-order chi connectivity index (χ0) is 19.3. The number of hydrogen-bond donors (Lipinski definition) is 1. The average molecular weight is 379 g/mol. The Morgan fingerprint density at radius 2 is 2.08 bits per heavy atom. The molecule has 1 fully saturated rings. The second kappa shape index (κ2) is 8.76. The van der Waals surface area contributed by atoms with E-state index in [9.17, 15) is 9.59 Å². The first-order valence-corrected chi connectivity index (χ1v) is 8.87. The molecule has 6 nitrogen and oxygen atoms in total. The van der Waals surface area contributed by atoms with Crippen LogP contribution in [0.2, 0.25) is 5.02 Å². The number of carbonyl (C=O) groups excluding carboxylic acids is 2. The molecule has 1 atom stereocenters. The van der Waals surface area contributed by atoms with Crippen LogP contribution in [0.25, 0.3) is 6.08 Å². The van der Waals surface area contributed by atoms with Gasteiger partial charge < -0.3 is 14.8 Å². The van der Waals surface area contributed by atoms with Crippen molar-refractivity contribution in [3.05, 3.63) is 41.1 Å². The van der Waals surface area contributed by atoms with Crippen molar-refractivity contribution in [1.82, 2.24) is 10.2 Å². The summed E-state index contributed by atoms with van der Waals surface area (Å²) >= 11 is 6.37. The number of amides is 3. The van der Waals surface area contributed by atoms with E-state index in [1.54, 1.807) is 18.2 Å². The first kappa shape index (κ1) is 19.8. The minimum Gasteiger partial charge on any atom is -0.490 e. The topological polar surface area (TPSA) is 67.9 Å². The minimum atomic E-state index is -0.478. The molecule has 0 aliphatic carbocycles. The molecule has 1 aromatic rings. The summed E-state index contributed by atoms with van der Waals surface area (Å²) in [5.74, 6) is 0.552. The van der Waals surface area contributed by atoms with E-state index in [2.05, 4.69) is 11.9 Å². The normalized spacial score (nSPS) is 16.6. The lowest BCUT2D eigenvalue weighted by Gasteiger charge is -2.18. The van der Waals surface area contributed by atoms with Crippen LogP contribution in [0.5, 0.6) is 11.5 Å². The van der Waals surface area contributed by atoms with Crippen LogP contribution in [0.15, 0.2) is 30.5 Å². The predicted octanol–water partition coefficient (Wildman–Crippen LogP) is 3.99. The molecule has 26 heavy (non-hydrogen) atoms. The molecule has 2 rings (SSSR count). The molecule has 0 unspecified atom stereocenters. The number of nitrogens with zero attached hydrogens (tertiary/aromatic N) is 1. The molecule has 0 radical (unpaired) electrons. The maximum Gasteiger partial charge on any atom is 0.329 e. The molecule has 0 bridgehead atoms. The van der Waals surface area contributed by atoms with Gasteiger partial charge >= 0.3 is 6.03 Å². The van der Waals surface area contributed by atoms with Crippen LogP contribution < -0.4 is 14.8 Å². The Labute approximate surface area is 158 Å². The highest BCUT2D eigenvalue weighted by Crippen LogP contribution is 2.38. The molecule has 0 saturated carbocycles. The lowest BCUT2D eigenvalue weighted by atomic mass is 10.1. The van der Waals surface area contributed by atoms with Gasteiger partial charge in [0, 0.05) is 6.54 Å². The van der Waals surface area contributed by atoms with Crippen molar-refractivity contribution in [1.29, 1.82) is 0 Å². The molecule has 1 saturated heterocycles. The fourth-order valence-electron chi connectivity index (χ4n) is 2.37. The van der Waals surface area contributed by atoms with Gasteiger partial charge in [-0.15, -0.1) is 6.58 Å². The molecule has 1 aliphatic rings. The fourth-order valence-corrected chi connectivity index (χ4v) is 2.63. The Bertz CT molecular complexity index is 745. The monoisotopic (exact) mass is 378 g/mol. The number of rotatable bonds is 8. The van der Waals surface area contributed by atoms with Gasteiger partial charge in [-0.1, -0.05) is 24.6 Å². The number of ether oxygens (including phenoxy) is 2. The summed E-state index contributed by atoms with van der Waals surface area (Å²) < 4.78 is 11.5. The van der Waals surface area contributed by atoms with E-state index >= 15 is 0 Å². The smallest absolute Gasteiger partial charge is 0.329 e. The molecule has 140 valence electrons. The Morgan fingerprint density at radius 3 is 2.69 bits per heavy atom. The van der Waals surface area contributed by atoms with E-state index in [1.807, 2.05) is 20.8 Å². The van der Waals surface area contributed by atoms with Gasteiger partial charge in [-0.2, -0.15) is 0 Å². The van der Waals surface area contributed by atoms with Gasteiger partial charge in [0.25, 0.3) is 5.91 Å². The average Bonchev–Trinajstić information content (AvgIpc) is 2.86. The van der Waals surface area contributed by atoms with Crippen molar-refractivity contribution in [3.8, 4) is 11.5 Å². The molecule has 0 aromatic heterocycles. The first-order chi connectivity index (χ1) is 12.4. The van der Waals surface area contributed by atoms with Gasteiger partial charge in [0.15, 0.2) is 11.5 Å². The van der Waals surface area contributed by atoms with E-state index < -0.39 is 11.9 Å². The summed E-state index contributed by atoms with van der Waals surface area (Å²) in [7, 11) is 0. The van der Waals surface area contributed by atoms with Crippen LogP contribution >= 0.6 is 11.6 Å². The van der Waals surface area contributed by atoms with Crippen LogP contribution in [-0.4, -0.2) is 36.1 Å². The molecule has 3 amide bonds. The first-order valence-electron chi connectivity index (χ1n) is 8.49. The molecule has 1 N–H and O–H groups in total. The number of urea groups is 1. The zero-order valence-corrected chi connectivity index (χ0v) is 15.9. The number of halogens is 1. The highest BCUT2D eigenvalue weighted by Gasteiger charge is 2.32. The van der Waals surface area contributed by atoms with Crippen molar-refractivity contribution >= 4 is 29.6 Å². The maximum atomic E-state index is 12.3. The standard InChI is InChI=1S/C19H23ClN2O4/c1-5-8-22-18(23)15(21-19(22)24)10-13-9-14(20)17(26-12(4)6-2)16(11-13)25-7-3/h5,9-12H,1,6-8H2,2-4H3,(H,21,24)/b15-10+/t12-/m0/s1. The fraction of sp³-hybridized carbons (Fsp3) is 0.368. The number of carbonyl (C=O) groups is 2. The van der Waals surface area contributed by atoms with Gasteiger partial charge in [0.1, 0.15) is 5.70 Å². The van der Waals surface area contributed by atoms with Gasteiger partial charge in [-0.3, -0.25) is 9.69 Å². The summed E-state index contributed by atoms with van der Waals surface area (Å²) in [6.45, 7) is 9.96. The minimum absolute atomic E-state index is 0.0147. The van der Waals surface area contributed by atoms with E-state index in [0.717, 1.165) is 11.3 Å². The summed E-state index contributed by atoms with van der Waals surface area (Å²) in [6.07, 6.45) is 3.86. The quantitative estimate of drug-likeness (QED) is 0.422. The highest BCUT2D eigenvalue weighted by atomic mass is 35.5. The maximum absolute atomic E-state index is 12.3. The largest absolute Gasteiger partial charge is 0.490 e. The molecule has 7 heteroatoms. The third-order valence-corrected chi connectivity index (χ3v) is 4.09. The van der Waals surface area contributed by atoms with Crippen molar-refractivity contribution < 1.29 is 19.1 Å². The molecular formula is C19H23ClN2O4. The Morgan fingerprint density at radius 1 is 1.35 bits per heavy atom. The van der Waals surface area contributed by atoms with E-state index in [1.165, 1.54) is 6.08 Å². The third-order valence-electron chi connectivity index (χ3n) is 3.81. The lowest BCUT2D eigenvalue weighted by molar-refractivity contribution is -0.122. The Hall–Kier alpha value is -2.47. The van der Waals surface area contributed by atoms with Gasteiger partial charge in [-0.05, 0) is 44.0 Å². The molecular weight excluding hydrogens is 356 g/mol. The molecule has 1 heterocycles. The molecule has 1 aliphatic heterocycles. The second-order valence-corrected chi connectivity index (χ2v) is 6.20. The van der Waals surface area contributed by atoms with E-state index in [-0.39, 0.29) is 18.3 Å². The number of benzene rings is 1. The summed E-state index contributed by atoms with van der Waals surface area (Å²) in [5, 5.41) is 2.93. The Balaban J connectivity index is 2.37. The van der Waals surface area contributed by atoms with Crippen molar-refractivity contribution in [3.63, 3.8) is 0 Å². The molecule has 0 spiro atoms. The number of nitrogens with one attached hydrogen (secondary N) is 1. The van der Waals surface area contributed by atoms with Crippen LogP contribution in [-0.2, 0) is 4.79 Å². The van der Waals surface area contributed by atoms with Crippen LogP contribution in [0.3, 0.4) is 0 Å². The van der Waals surface area contributed by atoms with Crippen molar-refractivity contribution in [2.45, 2.75) is 33.3 Å². The lowest BCUT2D eigenvalue weighted by Crippen LogP contribution is -2.30. The van der Waals surface area contributed by atoms with E-state index in [0.29, 0.717) is 28.7 Å². The molecule has 1 aromatic carbocycles. The van der Waals surface area contributed by atoms with Gasteiger partial charge in [0.05, 0.1) is 17.7 Å². The van der Waals surface area contributed by atoms with Crippen molar-refractivity contribution in [2.75, 3.05) is 13.2 Å². The summed E-state index contributed by atoms with van der Waals surface area (Å²) in [5.41, 5.74) is 0.796. The third kappa shape index (κ3) is 4.38. The van der Waals surface area contributed by atoms with Gasteiger partial charge in [-0.25, -0.2) is 4.79 Å². The predicted molar refractivity (Wildman–Crippen MR) is 101 cm³/mol. The number of imide groups is 1. The number of hydrogen-bond acceptors (Lipinski definition) is 4. The Kier molecular flexibility index (Phi) is 6.69. The van der Waals surface area contributed by atoms with Crippen LogP contribution in [0, 0.1) is 0 Å². The van der Waals surface area contributed by atoms with E-state index in [4.69, 9.17) is 21.1 Å². The van der Waals surface area contributed by atoms with Gasteiger partial charge in [0.2, 0.25) is 0 Å². The summed E-state index contributed by atoms with van der Waals surface area (Å²) in [6, 6.07) is 2.93. The second-order valence-electron chi connectivity index (χ2n) is 5.79. The summed E-state index contributed by atoms with van der Waals surface area (Å²) in [4.78, 5) is 25.2.